The smallest absolute Gasteiger partial charge is 0.265 e. The molecular formula is C34H42ClN3O7S. The Morgan fingerprint density at radius 2 is 1.96 bits per heavy atom. The number of rotatable bonds is 3. The van der Waals surface area contributed by atoms with Crippen LogP contribution in [0, 0.1) is 11.8 Å². The first kappa shape index (κ1) is 32.8. The summed E-state index contributed by atoms with van der Waals surface area (Å²) in [7, 11) is -0.771. The number of fused-ring (bicyclic) bond motifs is 3. The number of benzene rings is 2. The highest BCUT2D eigenvalue weighted by molar-refractivity contribution is 7.90. The minimum absolute atomic E-state index is 0.00777. The molecule has 0 saturated heterocycles. The molecule has 248 valence electrons. The van der Waals surface area contributed by atoms with E-state index >= 15 is 0 Å². The molecule has 3 atom stereocenters. The van der Waals surface area contributed by atoms with Gasteiger partial charge in [-0.2, -0.15) is 0 Å². The largest absolute Gasteiger partial charge is 0.487 e. The van der Waals surface area contributed by atoms with Crippen molar-refractivity contribution in [3.63, 3.8) is 0 Å². The minimum Gasteiger partial charge on any atom is -0.487 e. The number of nitrogens with one attached hydrogen (secondary N) is 1. The molecule has 2 bridgehead atoms. The summed E-state index contributed by atoms with van der Waals surface area (Å²) in [5.41, 5.74) is 1.66. The average Bonchev–Trinajstić information content (AvgIpc) is 3.80. The van der Waals surface area contributed by atoms with Crippen molar-refractivity contribution in [2.24, 2.45) is 11.8 Å². The lowest BCUT2D eigenvalue weighted by molar-refractivity contribution is -0.137. The Morgan fingerprint density at radius 1 is 1.13 bits per heavy atom. The maximum absolute atomic E-state index is 13.6. The van der Waals surface area contributed by atoms with Crippen LogP contribution in [0.15, 0.2) is 53.4 Å². The number of aryl methyl sites for hydroxylation is 1. The third-order valence-electron chi connectivity index (χ3n) is 9.63. The van der Waals surface area contributed by atoms with Crippen LogP contribution in [-0.2, 0) is 42.1 Å². The monoisotopic (exact) mass is 671 g/mol. The number of hydrogen-bond acceptors (Lipinski definition) is 8. The molecule has 1 spiro atoms. The lowest BCUT2D eigenvalue weighted by Crippen LogP contribution is -2.45. The highest BCUT2D eigenvalue weighted by Crippen LogP contribution is 2.43. The quantitative estimate of drug-likeness (QED) is 0.475. The first-order valence-corrected chi connectivity index (χ1v) is 17.9. The molecule has 12 heteroatoms. The number of amides is 2. The van der Waals surface area contributed by atoms with E-state index in [-0.39, 0.29) is 42.0 Å². The Balaban J connectivity index is 1.36. The summed E-state index contributed by atoms with van der Waals surface area (Å²) >= 11 is 6.33. The highest BCUT2D eigenvalue weighted by atomic mass is 35.5. The number of likely N-dealkylation sites (N-methyl/N-ethyl adjacent to an activating group) is 1. The molecule has 2 heterocycles. The molecule has 6 rings (SSSR count). The third-order valence-corrected chi connectivity index (χ3v) is 11.2. The van der Waals surface area contributed by atoms with E-state index in [9.17, 15) is 18.0 Å². The van der Waals surface area contributed by atoms with Gasteiger partial charge >= 0.3 is 0 Å². The van der Waals surface area contributed by atoms with Gasteiger partial charge < -0.3 is 24.0 Å². The van der Waals surface area contributed by atoms with Gasteiger partial charge in [0.25, 0.3) is 15.9 Å². The van der Waals surface area contributed by atoms with Crippen molar-refractivity contribution in [1.82, 2.24) is 9.62 Å². The van der Waals surface area contributed by atoms with Crippen molar-refractivity contribution in [1.29, 1.82) is 0 Å². The van der Waals surface area contributed by atoms with Crippen LogP contribution in [0.5, 0.6) is 5.75 Å². The van der Waals surface area contributed by atoms with Crippen LogP contribution in [0.3, 0.4) is 0 Å². The Bertz CT molecular complexity index is 1610. The zero-order valence-electron chi connectivity index (χ0n) is 26.4. The zero-order chi connectivity index (χ0) is 32.5. The molecule has 0 unspecified atom stereocenters. The van der Waals surface area contributed by atoms with Gasteiger partial charge in [-0.25, -0.2) is 13.1 Å². The van der Waals surface area contributed by atoms with E-state index in [1.165, 1.54) is 11.0 Å². The normalized spacial score (nSPS) is 26.2. The van der Waals surface area contributed by atoms with E-state index in [4.69, 9.17) is 25.8 Å². The summed E-state index contributed by atoms with van der Waals surface area (Å²) in [5.74, 6) is 0.169. The second-order valence-corrected chi connectivity index (χ2v) is 15.1. The van der Waals surface area contributed by atoms with Crippen molar-refractivity contribution >= 4 is 39.1 Å². The fourth-order valence-electron chi connectivity index (χ4n) is 6.46. The SMILES string of the molecule is CN(C)C(=O)CO[C@H]1/C=C/COC2(CC2)C(=O)NS(=O)(=O)c2ccc3c(c2)N(CCCCc2cc(Cl)ccc2CO3)C[C@@H]2CC[C@H]21. The first-order valence-electron chi connectivity index (χ1n) is 16.0. The second kappa shape index (κ2) is 13.5. The Labute approximate surface area is 276 Å². The maximum atomic E-state index is 13.6. The molecule has 2 aliphatic heterocycles. The Kier molecular flexibility index (Phi) is 9.66. The number of ether oxygens (including phenoxy) is 3. The van der Waals surface area contributed by atoms with E-state index in [0.29, 0.717) is 49.0 Å². The topological polar surface area (TPSA) is 114 Å². The van der Waals surface area contributed by atoms with Gasteiger partial charge in [-0.05, 0) is 98.2 Å². The van der Waals surface area contributed by atoms with Crippen LogP contribution in [-0.4, -0.2) is 77.2 Å². The van der Waals surface area contributed by atoms with Gasteiger partial charge in [0.15, 0.2) is 0 Å². The second-order valence-electron chi connectivity index (χ2n) is 13.0. The molecule has 2 aromatic carbocycles. The van der Waals surface area contributed by atoms with Gasteiger partial charge in [0.1, 0.15) is 24.6 Å². The van der Waals surface area contributed by atoms with Gasteiger partial charge in [-0.3, -0.25) is 9.59 Å². The number of hydrogen-bond donors (Lipinski definition) is 1. The maximum Gasteiger partial charge on any atom is 0.265 e. The van der Waals surface area contributed by atoms with Crippen molar-refractivity contribution in [3.05, 3.63) is 64.7 Å². The zero-order valence-corrected chi connectivity index (χ0v) is 27.9. The van der Waals surface area contributed by atoms with Crippen molar-refractivity contribution in [2.45, 2.75) is 68.2 Å². The number of carbonyl (C=O) groups excluding carboxylic acids is 2. The standard InChI is InChI=1S/C34H42ClN3O7S/c1-37(2)32(39)22-44-30-7-5-17-45-34(14-15-34)33(40)36-46(41,42)27-11-13-31-29(19-27)38(20-24-9-12-28(24)30)16-4-3-6-23-18-26(35)10-8-25(23)21-43-31/h5,7-8,10-11,13,18-19,24,28,30H,3-4,6,9,12,14-17,20-22H2,1-2H3,(H,36,40)/b7-5+/t24-,28+,30-/m0/s1. The summed E-state index contributed by atoms with van der Waals surface area (Å²) < 4.78 is 47.9. The van der Waals surface area contributed by atoms with Crippen LogP contribution in [0.25, 0.3) is 0 Å². The minimum atomic E-state index is -4.18. The van der Waals surface area contributed by atoms with Gasteiger partial charge in [-0.15, -0.1) is 0 Å². The van der Waals surface area contributed by atoms with E-state index in [1.54, 1.807) is 26.2 Å². The summed E-state index contributed by atoms with van der Waals surface area (Å²) in [6, 6.07) is 10.6. The number of anilines is 1. The van der Waals surface area contributed by atoms with Crippen molar-refractivity contribution in [3.8, 4) is 5.75 Å². The van der Waals surface area contributed by atoms with Gasteiger partial charge in [0.2, 0.25) is 5.91 Å². The molecule has 2 aromatic rings. The first-order chi connectivity index (χ1) is 22.0. The number of carbonyl (C=O) groups is 2. The number of nitrogens with zero attached hydrogens (tertiary/aromatic N) is 2. The molecule has 0 aromatic heterocycles. The fraction of sp³-hybridized carbons (Fsp3) is 0.529. The van der Waals surface area contributed by atoms with Gasteiger partial charge in [0, 0.05) is 32.2 Å². The van der Waals surface area contributed by atoms with Gasteiger partial charge in [0.05, 0.1) is 23.3 Å². The highest BCUT2D eigenvalue weighted by Gasteiger charge is 2.52. The number of halogens is 1. The Morgan fingerprint density at radius 3 is 2.70 bits per heavy atom. The Hall–Kier alpha value is -3.12. The van der Waals surface area contributed by atoms with E-state index in [1.807, 2.05) is 30.4 Å². The molecule has 2 fully saturated rings. The molecule has 2 aliphatic carbocycles. The van der Waals surface area contributed by atoms with Crippen LogP contribution >= 0.6 is 11.6 Å². The fourth-order valence-corrected chi connectivity index (χ4v) is 7.72. The summed E-state index contributed by atoms with van der Waals surface area (Å²) in [4.78, 5) is 29.4. The average molecular weight is 672 g/mol. The molecule has 4 aliphatic rings. The third kappa shape index (κ3) is 7.22. The molecule has 0 radical (unpaired) electrons. The molecule has 2 saturated carbocycles. The van der Waals surface area contributed by atoms with Crippen molar-refractivity contribution < 1.29 is 32.2 Å². The van der Waals surface area contributed by atoms with Gasteiger partial charge in [-0.1, -0.05) is 29.8 Å². The van der Waals surface area contributed by atoms with E-state index < -0.39 is 21.5 Å². The predicted octanol–water partition coefficient (Wildman–Crippen LogP) is 4.49. The van der Waals surface area contributed by atoms with Crippen LogP contribution < -0.4 is 14.4 Å². The van der Waals surface area contributed by atoms with E-state index in [0.717, 1.165) is 43.2 Å². The summed E-state index contributed by atoms with van der Waals surface area (Å²) in [6.45, 7) is 1.74. The molecular weight excluding hydrogens is 630 g/mol. The molecule has 1 N–H and O–H groups in total. The summed E-state index contributed by atoms with van der Waals surface area (Å²) in [5, 5.41) is 0.684. The van der Waals surface area contributed by atoms with Crippen LogP contribution in [0.2, 0.25) is 5.02 Å². The van der Waals surface area contributed by atoms with E-state index in [2.05, 4.69) is 9.62 Å². The molecule has 10 nitrogen and oxygen atoms in total. The van der Waals surface area contributed by atoms with Crippen LogP contribution in [0.4, 0.5) is 5.69 Å². The van der Waals surface area contributed by atoms with Crippen LogP contribution in [0.1, 0.15) is 49.7 Å². The summed E-state index contributed by atoms with van der Waals surface area (Å²) in [6.07, 6.45) is 8.86. The predicted molar refractivity (Wildman–Crippen MR) is 174 cm³/mol. The number of sulfonamides is 1. The lowest BCUT2D eigenvalue weighted by atomic mass is 9.70. The van der Waals surface area contributed by atoms with Crippen molar-refractivity contribution in [2.75, 3.05) is 45.3 Å². The molecule has 2 amide bonds. The lowest BCUT2D eigenvalue weighted by Gasteiger charge is -2.44. The molecule has 46 heavy (non-hydrogen) atoms.